The maximum absolute atomic E-state index is 3.67. The van der Waals surface area contributed by atoms with Crippen LogP contribution >= 0.6 is 15.9 Å². The van der Waals surface area contributed by atoms with E-state index in [-0.39, 0.29) is 5.41 Å². The highest BCUT2D eigenvalue weighted by molar-refractivity contribution is 9.10. The van der Waals surface area contributed by atoms with Gasteiger partial charge in [0.1, 0.15) is 0 Å². The molecule has 1 aromatic rings. The molecule has 0 saturated carbocycles. The van der Waals surface area contributed by atoms with E-state index >= 15 is 0 Å². The van der Waals surface area contributed by atoms with Crippen molar-refractivity contribution in [1.29, 1.82) is 0 Å². The Morgan fingerprint density at radius 1 is 1.12 bits per heavy atom. The standard InChI is InChI=1S/C14H20BrN/c1-14(2,3)11-6-7-12(15)13(10-11)16-8-4-5-9-16/h6-7,10H,4-5,8-9H2,1-3H3. The van der Waals surface area contributed by atoms with Crippen LogP contribution < -0.4 is 4.90 Å². The molecule has 2 rings (SSSR count). The van der Waals surface area contributed by atoms with Crippen LogP contribution in [0.15, 0.2) is 22.7 Å². The van der Waals surface area contributed by atoms with E-state index in [4.69, 9.17) is 0 Å². The minimum Gasteiger partial charge on any atom is -0.371 e. The van der Waals surface area contributed by atoms with Crippen molar-refractivity contribution in [2.45, 2.75) is 39.0 Å². The Balaban J connectivity index is 2.36. The first-order valence-electron chi connectivity index (χ1n) is 6.03. The van der Waals surface area contributed by atoms with E-state index in [1.165, 1.54) is 41.7 Å². The van der Waals surface area contributed by atoms with Gasteiger partial charge in [0.05, 0.1) is 5.69 Å². The molecular weight excluding hydrogens is 262 g/mol. The topological polar surface area (TPSA) is 3.24 Å². The van der Waals surface area contributed by atoms with Gasteiger partial charge in [-0.1, -0.05) is 26.8 Å². The average Bonchev–Trinajstić information content (AvgIpc) is 2.69. The second-order valence-electron chi connectivity index (χ2n) is 5.61. The molecule has 1 saturated heterocycles. The summed E-state index contributed by atoms with van der Waals surface area (Å²) >= 11 is 3.67. The van der Waals surface area contributed by atoms with Crippen molar-refractivity contribution in [2.24, 2.45) is 0 Å². The lowest BCUT2D eigenvalue weighted by molar-refractivity contribution is 0.590. The highest BCUT2D eigenvalue weighted by Crippen LogP contribution is 2.33. The normalized spacial score (nSPS) is 16.9. The molecule has 1 nitrogen and oxygen atoms in total. The lowest BCUT2D eigenvalue weighted by atomic mass is 9.87. The second-order valence-corrected chi connectivity index (χ2v) is 6.46. The summed E-state index contributed by atoms with van der Waals surface area (Å²) in [4.78, 5) is 2.49. The van der Waals surface area contributed by atoms with Gasteiger partial charge in [0.25, 0.3) is 0 Å². The summed E-state index contributed by atoms with van der Waals surface area (Å²) in [6, 6.07) is 6.76. The number of nitrogens with zero attached hydrogens (tertiary/aromatic N) is 1. The van der Waals surface area contributed by atoms with Gasteiger partial charge in [0.15, 0.2) is 0 Å². The third-order valence-corrected chi connectivity index (χ3v) is 3.93. The van der Waals surface area contributed by atoms with Crippen LogP contribution in [0.25, 0.3) is 0 Å². The molecule has 1 aromatic carbocycles. The number of benzene rings is 1. The first-order chi connectivity index (χ1) is 7.48. The fraction of sp³-hybridized carbons (Fsp3) is 0.571. The number of anilines is 1. The predicted octanol–water partition coefficient (Wildman–Crippen LogP) is 4.35. The third kappa shape index (κ3) is 2.42. The fourth-order valence-electron chi connectivity index (χ4n) is 2.18. The molecule has 0 radical (unpaired) electrons. The number of rotatable bonds is 1. The van der Waals surface area contributed by atoms with Gasteiger partial charge < -0.3 is 4.90 Å². The molecule has 0 aliphatic carbocycles. The van der Waals surface area contributed by atoms with Gasteiger partial charge in [-0.25, -0.2) is 0 Å². The molecule has 1 fully saturated rings. The van der Waals surface area contributed by atoms with E-state index in [2.05, 4.69) is 59.8 Å². The zero-order valence-electron chi connectivity index (χ0n) is 10.4. The largest absolute Gasteiger partial charge is 0.371 e. The van der Waals surface area contributed by atoms with Crippen molar-refractivity contribution in [3.63, 3.8) is 0 Å². The summed E-state index contributed by atoms with van der Waals surface area (Å²) in [5.74, 6) is 0. The molecule has 0 unspecified atom stereocenters. The minimum atomic E-state index is 0.231. The fourth-order valence-corrected chi connectivity index (χ4v) is 2.68. The Kier molecular flexibility index (Phi) is 3.29. The third-order valence-electron chi connectivity index (χ3n) is 3.26. The van der Waals surface area contributed by atoms with Crippen LogP contribution in [0, 0.1) is 0 Å². The molecule has 1 aliphatic rings. The second kappa shape index (κ2) is 4.40. The van der Waals surface area contributed by atoms with Gasteiger partial charge >= 0.3 is 0 Å². The SMILES string of the molecule is CC(C)(C)c1ccc(Br)c(N2CCCC2)c1. The monoisotopic (exact) mass is 281 g/mol. The Labute approximate surface area is 107 Å². The summed E-state index contributed by atoms with van der Waals surface area (Å²) in [6.07, 6.45) is 2.65. The zero-order valence-corrected chi connectivity index (χ0v) is 12.0. The maximum Gasteiger partial charge on any atom is 0.0513 e. The van der Waals surface area contributed by atoms with Crippen LogP contribution in [-0.4, -0.2) is 13.1 Å². The number of halogens is 1. The molecule has 1 aliphatic heterocycles. The van der Waals surface area contributed by atoms with Crippen molar-refractivity contribution in [3.8, 4) is 0 Å². The van der Waals surface area contributed by atoms with Crippen molar-refractivity contribution in [2.75, 3.05) is 18.0 Å². The van der Waals surface area contributed by atoms with Gasteiger partial charge in [-0.05, 0) is 51.9 Å². The first kappa shape index (κ1) is 12.0. The van der Waals surface area contributed by atoms with Gasteiger partial charge in [-0.3, -0.25) is 0 Å². The minimum absolute atomic E-state index is 0.231. The molecule has 0 N–H and O–H groups in total. The highest BCUT2D eigenvalue weighted by Gasteiger charge is 2.19. The van der Waals surface area contributed by atoms with Crippen LogP contribution in [0.5, 0.6) is 0 Å². The zero-order chi connectivity index (χ0) is 11.8. The van der Waals surface area contributed by atoms with Gasteiger partial charge in [-0.2, -0.15) is 0 Å². The predicted molar refractivity (Wildman–Crippen MR) is 74.3 cm³/mol. The van der Waals surface area contributed by atoms with Gasteiger partial charge in [-0.15, -0.1) is 0 Å². The lowest BCUT2D eigenvalue weighted by Gasteiger charge is -2.24. The molecular formula is C14H20BrN. The summed E-state index contributed by atoms with van der Waals surface area (Å²) in [5, 5.41) is 0. The van der Waals surface area contributed by atoms with Crippen LogP contribution in [0.1, 0.15) is 39.2 Å². The van der Waals surface area contributed by atoms with Crippen LogP contribution in [-0.2, 0) is 5.41 Å². The summed E-state index contributed by atoms with van der Waals surface area (Å²) in [7, 11) is 0. The smallest absolute Gasteiger partial charge is 0.0513 e. The molecule has 88 valence electrons. The van der Waals surface area contributed by atoms with Crippen molar-refractivity contribution in [1.82, 2.24) is 0 Å². The molecule has 0 aromatic heterocycles. The molecule has 0 bridgehead atoms. The maximum atomic E-state index is 3.67. The van der Waals surface area contributed by atoms with Crippen LogP contribution in [0.4, 0.5) is 5.69 Å². The highest BCUT2D eigenvalue weighted by atomic mass is 79.9. The van der Waals surface area contributed by atoms with Crippen molar-refractivity contribution in [3.05, 3.63) is 28.2 Å². The number of hydrogen-bond donors (Lipinski definition) is 0. The van der Waals surface area contributed by atoms with Gasteiger partial charge in [0.2, 0.25) is 0 Å². The average molecular weight is 282 g/mol. The van der Waals surface area contributed by atoms with E-state index in [0.29, 0.717) is 0 Å². The van der Waals surface area contributed by atoms with E-state index in [1.54, 1.807) is 0 Å². The Morgan fingerprint density at radius 3 is 2.31 bits per heavy atom. The van der Waals surface area contributed by atoms with Gasteiger partial charge in [0, 0.05) is 17.6 Å². The quantitative estimate of drug-likeness (QED) is 0.740. The summed E-state index contributed by atoms with van der Waals surface area (Å²) < 4.78 is 1.22. The van der Waals surface area contributed by atoms with E-state index in [0.717, 1.165) is 0 Å². The molecule has 2 heteroatoms. The molecule has 0 spiro atoms. The summed E-state index contributed by atoms with van der Waals surface area (Å²) in [5.41, 5.74) is 3.01. The van der Waals surface area contributed by atoms with Crippen LogP contribution in [0.2, 0.25) is 0 Å². The van der Waals surface area contributed by atoms with E-state index in [9.17, 15) is 0 Å². The van der Waals surface area contributed by atoms with Crippen molar-refractivity contribution >= 4 is 21.6 Å². The Morgan fingerprint density at radius 2 is 1.75 bits per heavy atom. The van der Waals surface area contributed by atoms with E-state index < -0.39 is 0 Å². The van der Waals surface area contributed by atoms with Crippen molar-refractivity contribution < 1.29 is 0 Å². The summed E-state index contributed by atoms with van der Waals surface area (Å²) in [6.45, 7) is 9.20. The Bertz CT molecular complexity index is 373. The first-order valence-corrected chi connectivity index (χ1v) is 6.83. The molecule has 0 amide bonds. The molecule has 0 atom stereocenters. The Hall–Kier alpha value is -0.500. The molecule has 1 heterocycles. The number of hydrogen-bond acceptors (Lipinski definition) is 1. The van der Waals surface area contributed by atoms with Crippen LogP contribution in [0.3, 0.4) is 0 Å². The van der Waals surface area contributed by atoms with E-state index in [1.807, 2.05) is 0 Å². The lowest BCUT2D eigenvalue weighted by Crippen LogP contribution is -2.19. The molecule has 16 heavy (non-hydrogen) atoms.